The van der Waals surface area contributed by atoms with Crippen molar-refractivity contribution in [3.8, 4) is 0 Å². The minimum atomic E-state index is 0.230. The van der Waals surface area contributed by atoms with E-state index in [1.807, 2.05) is 0 Å². The normalized spacial score (nSPS) is 13.0. The Morgan fingerprint density at radius 3 is 1.83 bits per heavy atom. The molecule has 2 rings (SSSR count). The van der Waals surface area contributed by atoms with E-state index in [1.165, 1.54) is 24.0 Å². The van der Waals surface area contributed by atoms with E-state index >= 15 is 0 Å². The summed E-state index contributed by atoms with van der Waals surface area (Å²) in [6, 6.07) is 17.8. The minimum absolute atomic E-state index is 0.230. The highest BCUT2D eigenvalue weighted by molar-refractivity contribution is 14.1. The van der Waals surface area contributed by atoms with Gasteiger partial charge in [-0.05, 0) is 114 Å². The van der Waals surface area contributed by atoms with E-state index in [4.69, 9.17) is 0 Å². The van der Waals surface area contributed by atoms with E-state index in [0.29, 0.717) is 0 Å². The van der Waals surface area contributed by atoms with Crippen LogP contribution in [-0.2, 0) is 0 Å². The van der Waals surface area contributed by atoms with E-state index in [0.717, 1.165) is 26.2 Å². The first-order valence-corrected chi connectivity index (χ1v) is 12.5. The van der Waals surface area contributed by atoms with Crippen molar-refractivity contribution >= 4 is 50.9 Å². The third-order valence-electron chi connectivity index (χ3n) is 5.14. The van der Waals surface area contributed by atoms with E-state index in [2.05, 4.69) is 149 Å². The quantitative estimate of drug-likeness (QED) is 0.162. The van der Waals surface area contributed by atoms with E-state index in [1.54, 1.807) is 0 Å². The van der Waals surface area contributed by atoms with Crippen molar-refractivity contribution in [3.05, 3.63) is 85.0 Å². The highest BCUT2D eigenvalue weighted by Crippen LogP contribution is 2.24. The van der Waals surface area contributed by atoms with Crippen LogP contribution in [0.2, 0.25) is 0 Å². The number of nitrogens with zero attached hydrogens (tertiary/aromatic N) is 2. The molecule has 0 radical (unpaired) electrons. The lowest BCUT2D eigenvalue weighted by molar-refractivity contribution is 0.257. The number of hydrogen-bond acceptors (Lipinski definition) is 2. The summed E-state index contributed by atoms with van der Waals surface area (Å²) >= 11 is 4.72. The maximum atomic E-state index is 3.54. The third-order valence-corrected chi connectivity index (χ3v) is 6.57. The average Bonchev–Trinajstić information content (AvgIpc) is 2.74. The summed E-state index contributed by atoms with van der Waals surface area (Å²) < 4.78 is 2.52. The predicted octanol–water partition coefficient (Wildman–Crippen LogP) is 7.02. The third kappa shape index (κ3) is 7.06. The van der Waals surface area contributed by atoms with Crippen LogP contribution in [0.3, 0.4) is 0 Å². The SMILES string of the molecule is CCN(CC)/C(=C\[C+]=CC(c1ccc(I)cc1)N(CC)CC)c1ccc(I)cc1. The standard InChI is InChI=1S/C25H31I2N2/c1-5-28(6-2)24(20-12-16-22(26)17-13-20)10-9-11-25(29(7-3)8-4)21-14-18-23(27)19-15-21/h10-19,24H,5-8H2,1-4H3/q+1/b25-11-. The van der Waals surface area contributed by atoms with Gasteiger partial charge in [-0.25, -0.2) is 0 Å². The second-order valence-electron chi connectivity index (χ2n) is 6.76. The van der Waals surface area contributed by atoms with E-state index < -0.39 is 0 Å². The van der Waals surface area contributed by atoms with Crippen molar-refractivity contribution in [2.24, 2.45) is 0 Å². The van der Waals surface area contributed by atoms with Crippen LogP contribution in [0.5, 0.6) is 0 Å². The Morgan fingerprint density at radius 2 is 1.34 bits per heavy atom. The molecule has 0 saturated heterocycles. The Morgan fingerprint density at radius 1 is 0.828 bits per heavy atom. The van der Waals surface area contributed by atoms with Gasteiger partial charge in [0.05, 0.1) is 23.8 Å². The molecule has 0 aliphatic rings. The molecule has 0 heterocycles. The molecule has 0 saturated carbocycles. The van der Waals surface area contributed by atoms with Gasteiger partial charge < -0.3 is 0 Å². The topological polar surface area (TPSA) is 6.48 Å². The first-order valence-electron chi connectivity index (χ1n) is 10.3. The van der Waals surface area contributed by atoms with Crippen molar-refractivity contribution < 1.29 is 0 Å². The van der Waals surface area contributed by atoms with Gasteiger partial charge in [-0.3, -0.25) is 9.80 Å². The zero-order valence-electron chi connectivity index (χ0n) is 17.8. The number of halogens is 2. The second-order valence-corrected chi connectivity index (χ2v) is 9.25. The number of allylic oxidation sites excluding steroid dienone is 2. The Kier molecular flexibility index (Phi) is 10.6. The molecule has 0 spiro atoms. The van der Waals surface area contributed by atoms with Crippen molar-refractivity contribution in [1.29, 1.82) is 0 Å². The Labute approximate surface area is 204 Å². The summed E-state index contributed by atoms with van der Waals surface area (Å²) in [6.07, 6.45) is 7.90. The van der Waals surface area contributed by atoms with Crippen molar-refractivity contribution in [2.45, 2.75) is 33.7 Å². The fraction of sp³-hybridized carbons (Fsp3) is 0.360. The van der Waals surface area contributed by atoms with Gasteiger partial charge in [0, 0.05) is 20.2 Å². The van der Waals surface area contributed by atoms with Crippen LogP contribution in [-0.4, -0.2) is 36.0 Å². The lowest BCUT2D eigenvalue weighted by Gasteiger charge is -2.26. The second kappa shape index (κ2) is 12.7. The van der Waals surface area contributed by atoms with Gasteiger partial charge in [0.15, 0.2) is 11.8 Å². The molecule has 0 N–H and O–H groups in total. The molecule has 2 aromatic rings. The summed E-state index contributed by atoms with van der Waals surface area (Å²) in [5.74, 6) is 0. The zero-order valence-corrected chi connectivity index (χ0v) is 22.1. The summed E-state index contributed by atoms with van der Waals surface area (Å²) in [5, 5.41) is 0. The van der Waals surface area contributed by atoms with Crippen LogP contribution in [0, 0.1) is 13.2 Å². The molecular formula is C25H31I2N2+. The van der Waals surface area contributed by atoms with Crippen LogP contribution in [0.15, 0.2) is 60.7 Å². The molecular weight excluding hydrogens is 582 g/mol. The van der Waals surface area contributed by atoms with E-state index in [-0.39, 0.29) is 6.04 Å². The minimum Gasteiger partial charge on any atom is -0.297 e. The highest BCUT2D eigenvalue weighted by atomic mass is 127. The fourth-order valence-corrected chi connectivity index (χ4v) is 4.17. The van der Waals surface area contributed by atoms with Gasteiger partial charge in [0.25, 0.3) is 0 Å². The first kappa shape index (κ1) is 24.3. The molecule has 1 atom stereocenters. The van der Waals surface area contributed by atoms with Crippen molar-refractivity contribution in [3.63, 3.8) is 0 Å². The smallest absolute Gasteiger partial charge is 0.187 e. The number of benzene rings is 2. The molecule has 0 aromatic heterocycles. The van der Waals surface area contributed by atoms with E-state index in [9.17, 15) is 0 Å². The Balaban J connectivity index is 2.39. The van der Waals surface area contributed by atoms with Crippen LogP contribution in [0.4, 0.5) is 0 Å². The van der Waals surface area contributed by atoms with Gasteiger partial charge in [0.1, 0.15) is 0 Å². The summed E-state index contributed by atoms with van der Waals surface area (Å²) in [4.78, 5) is 4.85. The Bertz CT molecular complexity index is 787. The summed E-state index contributed by atoms with van der Waals surface area (Å²) in [7, 11) is 0. The first-order chi connectivity index (χ1) is 14.0. The highest BCUT2D eigenvalue weighted by Gasteiger charge is 2.19. The molecule has 0 aliphatic heterocycles. The van der Waals surface area contributed by atoms with Crippen LogP contribution in [0.1, 0.15) is 44.9 Å². The molecule has 0 aliphatic carbocycles. The van der Waals surface area contributed by atoms with Gasteiger partial charge in [0.2, 0.25) is 0 Å². The Hall–Kier alpha value is -0.950. The maximum absolute atomic E-state index is 3.54. The lowest BCUT2D eigenvalue weighted by atomic mass is 10.0. The molecule has 0 amide bonds. The van der Waals surface area contributed by atoms with Crippen LogP contribution < -0.4 is 0 Å². The zero-order chi connectivity index (χ0) is 21.2. The molecule has 4 heteroatoms. The van der Waals surface area contributed by atoms with Gasteiger partial charge in [-0.15, -0.1) is 0 Å². The van der Waals surface area contributed by atoms with Crippen LogP contribution >= 0.6 is 45.2 Å². The molecule has 0 bridgehead atoms. The van der Waals surface area contributed by atoms with Crippen LogP contribution in [0.25, 0.3) is 5.70 Å². The molecule has 154 valence electrons. The lowest BCUT2D eigenvalue weighted by Crippen LogP contribution is -2.27. The number of likely N-dealkylation sites (N-methyl/N-ethyl adjacent to an activating group) is 1. The average molecular weight is 613 g/mol. The van der Waals surface area contributed by atoms with Gasteiger partial charge in [-0.1, -0.05) is 26.0 Å². The molecule has 2 nitrogen and oxygen atoms in total. The number of rotatable bonds is 10. The van der Waals surface area contributed by atoms with Gasteiger partial charge >= 0.3 is 0 Å². The predicted molar refractivity (Wildman–Crippen MR) is 143 cm³/mol. The number of hydrogen-bond donors (Lipinski definition) is 0. The maximum Gasteiger partial charge on any atom is 0.187 e. The summed E-state index contributed by atoms with van der Waals surface area (Å²) in [5.41, 5.74) is 3.78. The van der Waals surface area contributed by atoms with Gasteiger partial charge in [-0.2, -0.15) is 0 Å². The molecule has 29 heavy (non-hydrogen) atoms. The fourth-order valence-electron chi connectivity index (χ4n) is 3.45. The molecule has 1 unspecified atom stereocenters. The molecule has 0 fully saturated rings. The van der Waals surface area contributed by atoms with Crippen molar-refractivity contribution in [1.82, 2.24) is 9.80 Å². The molecule has 2 aromatic carbocycles. The van der Waals surface area contributed by atoms with Crippen molar-refractivity contribution in [2.75, 3.05) is 26.2 Å². The largest absolute Gasteiger partial charge is 0.297 e. The monoisotopic (exact) mass is 613 g/mol. The summed E-state index contributed by atoms with van der Waals surface area (Å²) in [6.45, 7) is 12.8.